The number of hydrogen-bond donors (Lipinski definition) is 2. The first-order valence-electron chi connectivity index (χ1n) is 9.09. The molecule has 7 heteroatoms. The Morgan fingerprint density at radius 3 is 2.88 bits per heavy atom. The second kappa shape index (κ2) is 8.29. The molecule has 0 bridgehead atoms. The molecule has 2 heterocycles. The van der Waals surface area contributed by atoms with E-state index in [1.54, 1.807) is 0 Å². The van der Waals surface area contributed by atoms with Crippen LogP contribution in [0.5, 0.6) is 0 Å². The Labute approximate surface area is 148 Å². The van der Waals surface area contributed by atoms with Crippen molar-refractivity contribution >= 4 is 11.7 Å². The standard InChI is InChI=1S/C18H27N5O2/c1-22(15-9-7-14(13-24)8-10-15)18(25)19-11-4-6-17-21-20-16-5-2-3-12-23(16)17/h2-3,5,12,14-15,24H,4,6-11,13H2,1H3,(H,19,25). The lowest BCUT2D eigenvalue weighted by Gasteiger charge is -2.34. The normalized spacial score (nSPS) is 20.6. The van der Waals surface area contributed by atoms with E-state index in [9.17, 15) is 9.90 Å². The summed E-state index contributed by atoms with van der Waals surface area (Å²) in [6.45, 7) is 0.886. The fourth-order valence-electron chi connectivity index (χ4n) is 3.51. The Kier molecular flexibility index (Phi) is 5.86. The largest absolute Gasteiger partial charge is 0.396 e. The van der Waals surface area contributed by atoms with E-state index in [-0.39, 0.29) is 18.7 Å². The molecule has 2 aromatic rings. The summed E-state index contributed by atoms with van der Waals surface area (Å²) in [7, 11) is 1.87. The van der Waals surface area contributed by atoms with Crippen LogP contribution in [0.15, 0.2) is 24.4 Å². The average Bonchev–Trinajstić information content (AvgIpc) is 3.07. The van der Waals surface area contributed by atoms with Gasteiger partial charge in [0.25, 0.3) is 0 Å². The van der Waals surface area contributed by atoms with Gasteiger partial charge in [0.15, 0.2) is 5.65 Å². The molecule has 2 amide bonds. The topological polar surface area (TPSA) is 82.8 Å². The zero-order valence-corrected chi connectivity index (χ0v) is 14.8. The van der Waals surface area contributed by atoms with E-state index in [0.29, 0.717) is 12.5 Å². The van der Waals surface area contributed by atoms with Gasteiger partial charge in [0.05, 0.1) is 0 Å². The SMILES string of the molecule is CN(C(=O)NCCCc1nnc2ccccn12)C1CCC(CO)CC1. The zero-order valence-electron chi connectivity index (χ0n) is 14.8. The molecular formula is C18H27N5O2. The van der Waals surface area contributed by atoms with Crippen molar-refractivity contribution in [2.75, 3.05) is 20.2 Å². The first-order valence-corrected chi connectivity index (χ1v) is 9.09. The fraction of sp³-hybridized carbons (Fsp3) is 0.611. The minimum atomic E-state index is -0.0152. The number of nitrogens with zero attached hydrogens (tertiary/aromatic N) is 4. The van der Waals surface area contributed by atoms with Crippen molar-refractivity contribution in [2.45, 2.75) is 44.6 Å². The van der Waals surface area contributed by atoms with Crippen molar-refractivity contribution in [1.29, 1.82) is 0 Å². The molecule has 0 saturated heterocycles. The Hall–Kier alpha value is -2.15. The van der Waals surface area contributed by atoms with Crippen LogP contribution in [-0.4, -0.2) is 56.9 Å². The van der Waals surface area contributed by atoms with Crippen molar-refractivity contribution in [3.8, 4) is 0 Å². The molecule has 0 aliphatic heterocycles. The second-order valence-corrected chi connectivity index (χ2v) is 6.85. The van der Waals surface area contributed by atoms with E-state index in [2.05, 4.69) is 15.5 Å². The predicted molar refractivity (Wildman–Crippen MR) is 95.3 cm³/mol. The smallest absolute Gasteiger partial charge is 0.317 e. The van der Waals surface area contributed by atoms with Gasteiger partial charge in [-0.1, -0.05) is 6.07 Å². The molecule has 0 spiro atoms. The third-order valence-corrected chi connectivity index (χ3v) is 5.18. The molecule has 0 atom stereocenters. The number of nitrogens with one attached hydrogen (secondary N) is 1. The molecule has 0 aromatic carbocycles. The summed E-state index contributed by atoms with van der Waals surface area (Å²) >= 11 is 0. The van der Waals surface area contributed by atoms with Gasteiger partial charge in [-0.15, -0.1) is 10.2 Å². The maximum atomic E-state index is 12.3. The highest BCUT2D eigenvalue weighted by atomic mass is 16.3. The summed E-state index contributed by atoms with van der Waals surface area (Å²) in [5.74, 6) is 1.33. The predicted octanol–water partition coefficient (Wildman–Crippen LogP) is 1.85. The van der Waals surface area contributed by atoms with Crippen LogP contribution >= 0.6 is 0 Å². The van der Waals surface area contributed by atoms with Gasteiger partial charge >= 0.3 is 6.03 Å². The summed E-state index contributed by atoms with van der Waals surface area (Å²) in [6.07, 6.45) is 7.50. The third kappa shape index (κ3) is 4.28. The van der Waals surface area contributed by atoms with E-state index in [1.165, 1.54) is 0 Å². The van der Waals surface area contributed by atoms with Crippen LogP contribution in [0.4, 0.5) is 4.79 Å². The van der Waals surface area contributed by atoms with E-state index in [1.807, 2.05) is 40.7 Å². The van der Waals surface area contributed by atoms with Crippen molar-refractivity contribution in [3.63, 3.8) is 0 Å². The van der Waals surface area contributed by atoms with Crippen molar-refractivity contribution in [1.82, 2.24) is 24.8 Å². The molecule has 1 fully saturated rings. The van der Waals surface area contributed by atoms with Gasteiger partial charge in [-0.2, -0.15) is 0 Å². The maximum absolute atomic E-state index is 12.3. The monoisotopic (exact) mass is 345 g/mol. The van der Waals surface area contributed by atoms with Crippen LogP contribution in [-0.2, 0) is 6.42 Å². The minimum absolute atomic E-state index is 0.0152. The molecule has 25 heavy (non-hydrogen) atoms. The molecule has 1 saturated carbocycles. The molecular weight excluding hydrogens is 318 g/mol. The highest BCUT2D eigenvalue weighted by molar-refractivity contribution is 5.74. The van der Waals surface area contributed by atoms with Gasteiger partial charge in [-0.3, -0.25) is 4.40 Å². The van der Waals surface area contributed by atoms with Crippen LogP contribution in [0.1, 0.15) is 37.9 Å². The second-order valence-electron chi connectivity index (χ2n) is 6.85. The van der Waals surface area contributed by atoms with Crippen LogP contribution < -0.4 is 5.32 Å². The van der Waals surface area contributed by atoms with E-state index in [4.69, 9.17) is 0 Å². The van der Waals surface area contributed by atoms with Crippen molar-refractivity contribution < 1.29 is 9.90 Å². The van der Waals surface area contributed by atoms with Crippen molar-refractivity contribution in [2.24, 2.45) is 5.92 Å². The molecule has 3 rings (SSSR count). The highest BCUT2D eigenvalue weighted by Gasteiger charge is 2.25. The number of aryl methyl sites for hydroxylation is 1. The number of carbonyl (C=O) groups is 1. The summed E-state index contributed by atoms with van der Waals surface area (Å²) in [5.41, 5.74) is 0.847. The van der Waals surface area contributed by atoms with E-state index in [0.717, 1.165) is 50.0 Å². The first-order chi connectivity index (χ1) is 12.2. The lowest BCUT2D eigenvalue weighted by Crippen LogP contribution is -2.45. The molecule has 2 aromatic heterocycles. The van der Waals surface area contributed by atoms with Gasteiger partial charge in [0.1, 0.15) is 5.82 Å². The van der Waals surface area contributed by atoms with Gasteiger partial charge < -0.3 is 15.3 Å². The van der Waals surface area contributed by atoms with Crippen LogP contribution in [0.2, 0.25) is 0 Å². The molecule has 7 nitrogen and oxygen atoms in total. The molecule has 136 valence electrons. The quantitative estimate of drug-likeness (QED) is 0.783. The van der Waals surface area contributed by atoms with E-state index < -0.39 is 0 Å². The lowest BCUT2D eigenvalue weighted by molar-refractivity contribution is 0.134. The summed E-state index contributed by atoms with van der Waals surface area (Å²) in [4.78, 5) is 14.1. The number of amides is 2. The number of aliphatic hydroxyl groups excluding tert-OH is 1. The summed E-state index contributed by atoms with van der Waals surface area (Å²) < 4.78 is 1.98. The number of urea groups is 1. The number of hydrogen-bond acceptors (Lipinski definition) is 4. The molecule has 2 N–H and O–H groups in total. The maximum Gasteiger partial charge on any atom is 0.317 e. The zero-order chi connectivity index (χ0) is 17.6. The number of aromatic nitrogens is 3. The van der Waals surface area contributed by atoms with Gasteiger partial charge in [-0.25, -0.2) is 4.79 Å². The molecule has 0 radical (unpaired) electrons. The fourth-order valence-corrected chi connectivity index (χ4v) is 3.51. The van der Waals surface area contributed by atoms with Gasteiger partial charge in [0.2, 0.25) is 0 Å². The summed E-state index contributed by atoms with van der Waals surface area (Å²) in [5, 5.41) is 20.5. The Balaban J connectivity index is 1.40. The number of carbonyl (C=O) groups excluding carboxylic acids is 1. The molecule has 0 unspecified atom stereocenters. The van der Waals surface area contributed by atoms with Crippen LogP contribution in [0.25, 0.3) is 5.65 Å². The first kappa shape index (κ1) is 17.7. The Morgan fingerprint density at radius 1 is 1.32 bits per heavy atom. The van der Waals surface area contributed by atoms with Crippen LogP contribution in [0.3, 0.4) is 0 Å². The molecule has 1 aliphatic carbocycles. The number of pyridine rings is 1. The van der Waals surface area contributed by atoms with Gasteiger partial charge in [-0.05, 0) is 50.2 Å². The minimum Gasteiger partial charge on any atom is -0.396 e. The van der Waals surface area contributed by atoms with Gasteiger partial charge in [0, 0.05) is 38.9 Å². The number of aliphatic hydroxyl groups is 1. The Morgan fingerprint density at radius 2 is 2.12 bits per heavy atom. The average molecular weight is 345 g/mol. The number of fused-ring (bicyclic) bond motifs is 1. The number of rotatable bonds is 6. The lowest BCUT2D eigenvalue weighted by atomic mass is 9.86. The van der Waals surface area contributed by atoms with Crippen molar-refractivity contribution in [3.05, 3.63) is 30.2 Å². The van der Waals surface area contributed by atoms with Crippen LogP contribution in [0, 0.1) is 5.92 Å². The molecule has 1 aliphatic rings. The van der Waals surface area contributed by atoms with E-state index >= 15 is 0 Å². The summed E-state index contributed by atoms with van der Waals surface area (Å²) in [6, 6.07) is 6.10. The Bertz CT molecular complexity index is 694. The highest BCUT2D eigenvalue weighted by Crippen LogP contribution is 2.26. The third-order valence-electron chi connectivity index (χ3n) is 5.18.